The van der Waals surface area contributed by atoms with Crippen molar-refractivity contribution in [1.29, 1.82) is 0 Å². The van der Waals surface area contributed by atoms with Gasteiger partial charge in [-0.15, -0.1) is 0 Å². The van der Waals surface area contributed by atoms with Crippen molar-refractivity contribution >= 4 is 32.8 Å². The molecule has 0 fully saturated rings. The number of benzene rings is 1. The van der Waals surface area contributed by atoms with Crippen molar-refractivity contribution < 1.29 is 9.21 Å². The van der Waals surface area contributed by atoms with Gasteiger partial charge >= 0.3 is 0 Å². The minimum atomic E-state index is -0.0427. The Kier molecular flexibility index (Phi) is 3.87. The molecular weight excluding hydrogens is 294 g/mol. The van der Waals surface area contributed by atoms with Crippen molar-refractivity contribution in [3.63, 3.8) is 0 Å². The first kappa shape index (κ1) is 12.9. The summed E-state index contributed by atoms with van der Waals surface area (Å²) in [5.74, 6) is -0.0427. The first-order chi connectivity index (χ1) is 8.56. The highest BCUT2D eigenvalue weighted by molar-refractivity contribution is 9.11. The molecule has 0 aliphatic heterocycles. The number of aryl methyl sites for hydroxylation is 1. The highest BCUT2D eigenvalue weighted by atomic mass is 79.9. The van der Waals surface area contributed by atoms with Gasteiger partial charge in [-0.25, -0.2) is 0 Å². The van der Waals surface area contributed by atoms with Crippen LogP contribution in [0.1, 0.15) is 11.1 Å². The van der Waals surface area contributed by atoms with Gasteiger partial charge in [0.1, 0.15) is 5.58 Å². The fourth-order valence-electron chi connectivity index (χ4n) is 1.76. The third kappa shape index (κ3) is 3.01. The summed E-state index contributed by atoms with van der Waals surface area (Å²) < 4.78 is 6.20. The van der Waals surface area contributed by atoms with E-state index in [4.69, 9.17) is 4.42 Å². The van der Waals surface area contributed by atoms with E-state index >= 15 is 0 Å². The predicted octanol–water partition coefficient (Wildman–Crippen LogP) is 3.31. The van der Waals surface area contributed by atoms with E-state index in [-0.39, 0.29) is 5.91 Å². The van der Waals surface area contributed by atoms with E-state index in [9.17, 15) is 4.79 Å². The molecule has 0 aliphatic rings. The van der Waals surface area contributed by atoms with Crippen LogP contribution in [0.5, 0.6) is 0 Å². The molecule has 18 heavy (non-hydrogen) atoms. The highest BCUT2D eigenvalue weighted by Crippen LogP contribution is 2.22. The molecular formula is C14H14BrNO2. The van der Waals surface area contributed by atoms with Crippen LogP contribution in [-0.4, -0.2) is 12.5 Å². The van der Waals surface area contributed by atoms with Gasteiger partial charge < -0.3 is 9.73 Å². The Morgan fingerprint density at radius 1 is 1.50 bits per heavy atom. The molecule has 94 valence electrons. The Balaban J connectivity index is 2.12. The number of nitrogens with one attached hydrogen (secondary N) is 1. The number of amides is 1. The van der Waals surface area contributed by atoms with E-state index in [1.807, 2.05) is 25.1 Å². The second-order valence-corrected chi connectivity index (χ2v) is 5.35. The predicted molar refractivity (Wildman–Crippen MR) is 75.7 cm³/mol. The molecule has 0 radical (unpaired) electrons. The number of fused-ring (bicyclic) bond motifs is 1. The van der Waals surface area contributed by atoms with Gasteiger partial charge in [0.25, 0.3) is 0 Å². The molecule has 1 aromatic heterocycles. The summed E-state index contributed by atoms with van der Waals surface area (Å²) in [7, 11) is 0. The number of hydrogen-bond acceptors (Lipinski definition) is 2. The largest absolute Gasteiger partial charge is 0.464 e. The summed E-state index contributed by atoms with van der Waals surface area (Å²) in [6, 6.07) is 5.97. The van der Waals surface area contributed by atoms with Gasteiger partial charge in [0.15, 0.2) is 0 Å². The van der Waals surface area contributed by atoms with Gasteiger partial charge in [-0.3, -0.25) is 4.79 Å². The topological polar surface area (TPSA) is 42.2 Å². The van der Waals surface area contributed by atoms with Gasteiger partial charge in [-0.2, -0.15) is 0 Å². The SMILES string of the molecule is C=C(Br)CNC(=O)Cc1coc2cc(C)ccc12. The highest BCUT2D eigenvalue weighted by Gasteiger charge is 2.10. The first-order valence-electron chi connectivity index (χ1n) is 5.63. The van der Waals surface area contributed by atoms with E-state index in [2.05, 4.69) is 27.8 Å². The average Bonchev–Trinajstić information content (AvgIpc) is 2.69. The molecule has 0 spiro atoms. The number of rotatable bonds is 4. The molecule has 1 aromatic carbocycles. The van der Waals surface area contributed by atoms with E-state index in [1.165, 1.54) is 0 Å². The monoisotopic (exact) mass is 307 g/mol. The number of carbonyl (C=O) groups is 1. The van der Waals surface area contributed by atoms with E-state index in [0.29, 0.717) is 13.0 Å². The maximum absolute atomic E-state index is 11.7. The summed E-state index contributed by atoms with van der Waals surface area (Å²) in [6.45, 7) is 6.12. The molecule has 0 unspecified atom stereocenters. The van der Waals surface area contributed by atoms with Gasteiger partial charge in [0.05, 0.1) is 12.7 Å². The molecule has 3 nitrogen and oxygen atoms in total. The molecule has 0 saturated carbocycles. The lowest BCUT2D eigenvalue weighted by Gasteiger charge is -2.02. The van der Waals surface area contributed by atoms with Crippen molar-refractivity contribution in [1.82, 2.24) is 5.32 Å². The zero-order valence-electron chi connectivity index (χ0n) is 10.1. The van der Waals surface area contributed by atoms with Crippen LogP contribution in [0.15, 0.2) is 39.9 Å². The van der Waals surface area contributed by atoms with Crippen molar-refractivity contribution in [3.05, 3.63) is 46.7 Å². The van der Waals surface area contributed by atoms with Crippen molar-refractivity contribution in [2.75, 3.05) is 6.54 Å². The Morgan fingerprint density at radius 3 is 3.00 bits per heavy atom. The molecule has 0 bridgehead atoms. The van der Waals surface area contributed by atoms with Gasteiger partial charge in [0, 0.05) is 22.0 Å². The second kappa shape index (κ2) is 5.40. The van der Waals surface area contributed by atoms with Gasteiger partial charge in [-0.05, 0) is 18.6 Å². The van der Waals surface area contributed by atoms with Crippen LogP contribution < -0.4 is 5.32 Å². The fraction of sp³-hybridized carbons (Fsp3) is 0.214. The maximum Gasteiger partial charge on any atom is 0.224 e. The van der Waals surface area contributed by atoms with Gasteiger partial charge in [-0.1, -0.05) is 34.6 Å². The Morgan fingerprint density at radius 2 is 2.28 bits per heavy atom. The molecule has 0 atom stereocenters. The maximum atomic E-state index is 11.7. The van der Waals surface area contributed by atoms with Crippen LogP contribution >= 0.6 is 15.9 Å². The molecule has 4 heteroatoms. The lowest BCUT2D eigenvalue weighted by atomic mass is 10.1. The zero-order chi connectivity index (χ0) is 13.1. The normalized spacial score (nSPS) is 10.6. The lowest BCUT2D eigenvalue weighted by molar-refractivity contribution is -0.120. The average molecular weight is 308 g/mol. The smallest absolute Gasteiger partial charge is 0.224 e. The van der Waals surface area contributed by atoms with Crippen LogP contribution in [0.2, 0.25) is 0 Å². The van der Waals surface area contributed by atoms with Crippen LogP contribution in [0, 0.1) is 6.92 Å². The third-order valence-electron chi connectivity index (χ3n) is 2.64. The van der Waals surface area contributed by atoms with Crippen LogP contribution in [-0.2, 0) is 11.2 Å². The summed E-state index contributed by atoms with van der Waals surface area (Å²) in [5.41, 5.74) is 2.87. The Labute approximate surface area is 114 Å². The van der Waals surface area contributed by atoms with Crippen molar-refractivity contribution in [2.24, 2.45) is 0 Å². The van der Waals surface area contributed by atoms with E-state index < -0.39 is 0 Å². The van der Waals surface area contributed by atoms with Crippen molar-refractivity contribution in [3.8, 4) is 0 Å². The molecule has 1 N–H and O–H groups in total. The zero-order valence-corrected chi connectivity index (χ0v) is 11.7. The van der Waals surface area contributed by atoms with Crippen LogP contribution in [0.3, 0.4) is 0 Å². The van der Waals surface area contributed by atoms with E-state index in [1.54, 1.807) is 6.26 Å². The van der Waals surface area contributed by atoms with Crippen molar-refractivity contribution in [2.45, 2.75) is 13.3 Å². The Hall–Kier alpha value is -1.55. The number of furan rings is 1. The number of hydrogen-bond donors (Lipinski definition) is 1. The summed E-state index contributed by atoms with van der Waals surface area (Å²) in [6.07, 6.45) is 1.96. The molecule has 2 rings (SSSR count). The second-order valence-electron chi connectivity index (χ2n) is 4.23. The molecule has 0 saturated heterocycles. The summed E-state index contributed by atoms with van der Waals surface area (Å²) >= 11 is 3.20. The third-order valence-corrected chi connectivity index (χ3v) is 2.92. The number of carbonyl (C=O) groups excluding carboxylic acids is 1. The minimum Gasteiger partial charge on any atom is -0.464 e. The molecule has 1 amide bonds. The standard InChI is InChI=1S/C14H14BrNO2/c1-9-3-4-12-11(8-18-13(12)5-9)6-14(17)16-7-10(2)15/h3-5,8H,2,6-7H2,1H3,(H,16,17). The van der Waals surface area contributed by atoms with Gasteiger partial charge in [0.2, 0.25) is 5.91 Å². The summed E-state index contributed by atoms with van der Waals surface area (Å²) in [5, 5.41) is 3.76. The number of halogens is 1. The summed E-state index contributed by atoms with van der Waals surface area (Å²) in [4.78, 5) is 11.7. The minimum absolute atomic E-state index is 0.0427. The molecule has 0 aliphatic carbocycles. The first-order valence-corrected chi connectivity index (χ1v) is 6.42. The quantitative estimate of drug-likeness (QED) is 0.941. The fourth-order valence-corrected chi connectivity index (χ4v) is 1.90. The van der Waals surface area contributed by atoms with Crippen LogP contribution in [0.25, 0.3) is 11.0 Å². The molecule has 2 aromatic rings. The Bertz CT molecular complexity index is 601. The van der Waals surface area contributed by atoms with Crippen LogP contribution in [0.4, 0.5) is 0 Å². The lowest BCUT2D eigenvalue weighted by Crippen LogP contribution is -2.25. The molecule has 1 heterocycles. The van der Waals surface area contributed by atoms with E-state index in [0.717, 1.165) is 26.6 Å².